The van der Waals surface area contributed by atoms with Crippen molar-refractivity contribution in [2.75, 3.05) is 6.61 Å². The Morgan fingerprint density at radius 2 is 1.24 bits per heavy atom. The highest BCUT2D eigenvalue weighted by Crippen LogP contribution is 2.48. The van der Waals surface area contributed by atoms with Gasteiger partial charge in [0.15, 0.2) is 0 Å². The van der Waals surface area contributed by atoms with Gasteiger partial charge in [0.05, 0.1) is 23.4 Å². The summed E-state index contributed by atoms with van der Waals surface area (Å²) in [6.07, 6.45) is 1.86. The van der Waals surface area contributed by atoms with Gasteiger partial charge in [-0.25, -0.2) is 18.0 Å². The molecule has 4 aromatic carbocycles. The minimum Gasteiger partial charge on any atom is -0.462 e. The van der Waals surface area contributed by atoms with Crippen LogP contribution in [0.25, 0.3) is 10.9 Å². The number of hydrogen-bond acceptors (Lipinski definition) is 6. The van der Waals surface area contributed by atoms with Crippen molar-refractivity contribution in [3.8, 4) is 0 Å². The Morgan fingerprint density at radius 1 is 0.762 bits per heavy atom. The minimum atomic E-state index is -0.434. The Hall–Kier alpha value is -3.40. The monoisotopic (exact) mass is 619 g/mol. The summed E-state index contributed by atoms with van der Waals surface area (Å²) in [6, 6.07) is 22.7. The fraction of sp³-hybridized carbons (Fsp3) is 0.152. The fourth-order valence-electron chi connectivity index (χ4n) is 4.46. The van der Waals surface area contributed by atoms with Crippen molar-refractivity contribution in [3.63, 3.8) is 0 Å². The van der Waals surface area contributed by atoms with E-state index in [4.69, 9.17) is 9.72 Å². The van der Waals surface area contributed by atoms with Gasteiger partial charge < -0.3 is 4.74 Å². The van der Waals surface area contributed by atoms with Gasteiger partial charge in [0.1, 0.15) is 17.5 Å². The first kappa shape index (κ1) is 28.7. The van der Waals surface area contributed by atoms with Crippen LogP contribution < -0.4 is 0 Å². The number of aromatic nitrogens is 1. The van der Waals surface area contributed by atoms with E-state index in [1.807, 2.05) is 12.1 Å². The number of nitrogens with zero attached hydrogens (tertiary/aromatic N) is 1. The zero-order valence-corrected chi connectivity index (χ0v) is 24.9. The molecule has 1 aliphatic carbocycles. The normalized spacial score (nSPS) is 13.0. The van der Waals surface area contributed by atoms with Crippen molar-refractivity contribution in [1.29, 1.82) is 0 Å². The highest BCUT2D eigenvalue weighted by Gasteiger charge is 2.34. The van der Waals surface area contributed by atoms with Crippen molar-refractivity contribution in [2.24, 2.45) is 0 Å². The Balaban J connectivity index is 1.57. The molecule has 1 fully saturated rings. The van der Waals surface area contributed by atoms with E-state index in [-0.39, 0.29) is 30.0 Å². The van der Waals surface area contributed by atoms with Gasteiger partial charge in [-0.3, -0.25) is 4.98 Å². The standard InChI is InChI=1S/C33H24F3NO2S3/c1-2-39-33(38)30-31(19-3-4-19)37-27-18-29(41-24-13-7-21(35)8-14-24)28(40-23-11-5-20(34)6-12-23)17-26(27)32(30)42-25-15-9-22(36)10-16-25/h5-19H,2-4H2,1H3. The van der Waals surface area contributed by atoms with Crippen LogP contribution >= 0.6 is 35.3 Å². The number of carbonyl (C=O) groups excluding carboxylic acids is 1. The van der Waals surface area contributed by atoms with Gasteiger partial charge in [0.25, 0.3) is 0 Å². The average Bonchev–Trinajstić information content (AvgIpc) is 3.83. The lowest BCUT2D eigenvalue weighted by molar-refractivity contribution is 0.0520. The summed E-state index contributed by atoms with van der Waals surface area (Å²) in [4.78, 5) is 23.4. The molecule has 0 aliphatic heterocycles. The zero-order chi connectivity index (χ0) is 29.2. The maximum absolute atomic E-state index is 13.8. The van der Waals surface area contributed by atoms with Crippen LogP contribution in [0.3, 0.4) is 0 Å². The largest absolute Gasteiger partial charge is 0.462 e. The Kier molecular flexibility index (Phi) is 8.51. The van der Waals surface area contributed by atoms with Gasteiger partial charge in [-0.1, -0.05) is 35.3 Å². The van der Waals surface area contributed by atoms with Crippen molar-refractivity contribution in [3.05, 3.63) is 114 Å². The minimum absolute atomic E-state index is 0.155. The molecule has 0 saturated heterocycles. The highest BCUT2D eigenvalue weighted by atomic mass is 32.2. The van der Waals surface area contributed by atoms with Crippen LogP contribution in [0.5, 0.6) is 0 Å². The predicted molar refractivity (Wildman–Crippen MR) is 161 cm³/mol. The van der Waals surface area contributed by atoms with Crippen molar-refractivity contribution < 1.29 is 22.7 Å². The van der Waals surface area contributed by atoms with Crippen molar-refractivity contribution in [1.82, 2.24) is 4.98 Å². The first-order valence-electron chi connectivity index (χ1n) is 13.4. The molecule has 1 saturated carbocycles. The highest BCUT2D eigenvalue weighted by molar-refractivity contribution is 8.02. The van der Waals surface area contributed by atoms with E-state index >= 15 is 0 Å². The Bertz CT molecular complexity index is 1760. The third-order valence-electron chi connectivity index (χ3n) is 6.59. The lowest BCUT2D eigenvalue weighted by atomic mass is 10.1. The molecule has 0 spiro atoms. The molecule has 5 aromatic rings. The van der Waals surface area contributed by atoms with Gasteiger partial charge in [-0.15, -0.1) is 0 Å². The summed E-state index contributed by atoms with van der Waals surface area (Å²) in [5, 5.41) is 0.754. The van der Waals surface area contributed by atoms with Crippen molar-refractivity contribution >= 4 is 52.2 Å². The van der Waals surface area contributed by atoms with Gasteiger partial charge >= 0.3 is 5.97 Å². The summed E-state index contributed by atoms with van der Waals surface area (Å²) in [6.45, 7) is 1.99. The van der Waals surface area contributed by atoms with E-state index in [0.717, 1.165) is 42.7 Å². The molecular formula is C33H24F3NO2S3. The van der Waals surface area contributed by atoms with Crippen LogP contribution in [-0.4, -0.2) is 17.6 Å². The second-order valence-corrected chi connectivity index (χ2v) is 13.0. The number of benzene rings is 4. The topological polar surface area (TPSA) is 39.2 Å². The zero-order valence-electron chi connectivity index (χ0n) is 22.4. The molecule has 0 amide bonds. The van der Waals surface area contributed by atoms with Gasteiger partial charge in [0, 0.05) is 40.7 Å². The first-order chi connectivity index (χ1) is 20.4. The first-order valence-corrected chi connectivity index (χ1v) is 15.8. The van der Waals surface area contributed by atoms with Gasteiger partial charge in [0.2, 0.25) is 0 Å². The van der Waals surface area contributed by atoms with Crippen LogP contribution in [0.4, 0.5) is 13.2 Å². The number of carbonyl (C=O) groups is 1. The van der Waals surface area contributed by atoms with Crippen LogP contribution in [0.1, 0.15) is 41.7 Å². The molecule has 1 aliphatic rings. The number of hydrogen-bond donors (Lipinski definition) is 0. The predicted octanol–water partition coefficient (Wildman–Crippen LogP) is 10.2. The molecule has 6 rings (SSSR count). The number of halogens is 3. The van der Waals surface area contributed by atoms with E-state index in [2.05, 4.69) is 0 Å². The van der Waals surface area contributed by atoms with E-state index in [1.165, 1.54) is 71.7 Å². The number of rotatable bonds is 9. The summed E-state index contributed by atoms with van der Waals surface area (Å²) >= 11 is 4.32. The van der Waals surface area contributed by atoms with Gasteiger partial charge in [-0.05, 0) is 105 Å². The SMILES string of the molecule is CCOC(=O)c1c(C2CC2)nc2cc(Sc3ccc(F)cc3)c(Sc3ccc(F)cc3)cc2c1Sc1ccc(F)cc1. The summed E-state index contributed by atoms with van der Waals surface area (Å²) in [7, 11) is 0. The Labute approximate surface area is 254 Å². The van der Waals surface area contributed by atoms with Crippen LogP contribution in [0.2, 0.25) is 0 Å². The lowest BCUT2D eigenvalue weighted by Gasteiger charge is -2.18. The van der Waals surface area contributed by atoms with E-state index in [9.17, 15) is 18.0 Å². The second kappa shape index (κ2) is 12.5. The third-order valence-corrected chi connectivity index (χ3v) is 9.99. The second-order valence-electron chi connectivity index (χ2n) is 9.68. The van der Waals surface area contributed by atoms with Crippen LogP contribution in [0, 0.1) is 17.5 Å². The number of ether oxygens (including phenoxy) is 1. The van der Waals surface area contributed by atoms with E-state index < -0.39 is 5.97 Å². The van der Waals surface area contributed by atoms with Crippen molar-refractivity contribution in [2.45, 2.75) is 55.1 Å². The fourth-order valence-corrected chi connectivity index (χ4v) is 7.50. The Morgan fingerprint density at radius 3 is 1.71 bits per heavy atom. The van der Waals surface area contributed by atoms with E-state index in [1.54, 1.807) is 43.3 Å². The number of esters is 1. The molecular weight excluding hydrogens is 596 g/mol. The number of pyridine rings is 1. The summed E-state index contributed by atoms with van der Waals surface area (Å²) in [5.74, 6) is -1.27. The average molecular weight is 620 g/mol. The quantitative estimate of drug-likeness (QED) is 0.153. The molecule has 0 radical (unpaired) electrons. The molecule has 0 bridgehead atoms. The van der Waals surface area contributed by atoms with Gasteiger partial charge in [-0.2, -0.15) is 0 Å². The van der Waals surface area contributed by atoms with Crippen LogP contribution in [-0.2, 0) is 4.74 Å². The van der Waals surface area contributed by atoms with E-state index in [0.29, 0.717) is 21.7 Å². The third kappa shape index (κ3) is 6.48. The smallest absolute Gasteiger partial charge is 0.341 e. The molecule has 9 heteroatoms. The number of fused-ring (bicyclic) bond motifs is 1. The maximum atomic E-state index is 13.8. The summed E-state index contributed by atoms with van der Waals surface area (Å²) in [5.41, 5.74) is 1.86. The maximum Gasteiger partial charge on any atom is 0.341 e. The van der Waals surface area contributed by atoms with Crippen LogP contribution in [0.15, 0.2) is 114 Å². The molecule has 0 unspecified atom stereocenters. The molecule has 0 N–H and O–H groups in total. The molecule has 3 nitrogen and oxygen atoms in total. The molecule has 42 heavy (non-hydrogen) atoms. The molecule has 1 aromatic heterocycles. The molecule has 1 heterocycles. The molecule has 0 atom stereocenters. The molecule has 212 valence electrons. The lowest BCUT2D eigenvalue weighted by Crippen LogP contribution is -2.12. The summed E-state index contributed by atoms with van der Waals surface area (Å²) < 4.78 is 46.6.